The lowest BCUT2D eigenvalue weighted by molar-refractivity contribution is 0.281. The van der Waals surface area contributed by atoms with E-state index in [1.807, 2.05) is 30.3 Å². The molecule has 9 heteroatoms. The van der Waals surface area contributed by atoms with Crippen molar-refractivity contribution in [2.75, 3.05) is 12.4 Å². The van der Waals surface area contributed by atoms with Crippen molar-refractivity contribution in [2.45, 2.75) is 13.2 Å². The molecular formula is C22H18BrCl2N3O3. The molecule has 0 amide bonds. The second kappa shape index (κ2) is 9.26. The zero-order valence-corrected chi connectivity index (χ0v) is 19.5. The maximum Gasteiger partial charge on any atom is 0.323 e. The lowest BCUT2D eigenvalue weighted by atomic mass is 10.1. The van der Waals surface area contributed by atoms with Crippen LogP contribution in [0.3, 0.4) is 0 Å². The quantitative estimate of drug-likeness (QED) is 0.273. The molecule has 0 fully saturated rings. The highest BCUT2D eigenvalue weighted by Gasteiger charge is 2.16. The predicted molar refractivity (Wildman–Crippen MR) is 128 cm³/mol. The van der Waals surface area contributed by atoms with Crippen LogP contribution in [0.25, 0.3) is 11.0 Å². The third-order valence-electron chi connectivity index (χ3n) is 4.79. The first-order chi connectivity index (χ1) is 15.0. The summed E-state index contributed by atoms with van der Waals surface area (Å²) >= 11 is 16.2. The smallest absolute Gasteiger partial charge is 0.323 e. The van der Waals surface area contributed by atoms with Crippen LogP contribution in [-0.2, 0) is 13.2 Å². The van der Waals surface area contributed by atoms with Gasteiger partial charge < -0.3 is 24.8 Å². The van der Waals surface area contributed by atoms with Gasteiger partial charge in [-0.15, -0.1) is 0 Å². The van der Waals surface area contributed by atoms with Crippen LogP contribution in [0.5, 0.6) is 11.5 Å². The number of fused-ring (bicyclic) bond motifs is 1. The first kappa shape index (κ1) is 21.6. The number of ether oxygens (including phenoxy) is 2. The molecule has 3 N–H and O–H groups in total. The summed E-state index contributed by atoms with van der Waals surface area (Å²) in [6.07, 6.45) is 0. The SMILES string of the molecule is COc1ccc(Br)c(CNc2ccc3[nH]c(=O)[nH]c3c2)c1OCc1c(Cl)cccc1Cl. The van der Waals surface area contributed by atoms with Gasteiger partial charge in [0, 0.05) is 37.9 Å². The second-order valence-electron chi connectivity index (χ2n) is 6.74. The minimum absolute atomic E-state index is 0.189. The molecule has 0 unspecified atom stereocenters. The molecule has 160 valence electrons. The Bertz CT molecular complexity index is 1280. The van der Waals surface area contributed by atoms with Gasteiger partial charge in [0.15, 0.2) is 11.5 Å². The lowest BCUT2D eigenvalue weighted by Gasteiger charge is -2.18. The molecule has 0 aliphatic heterocycles. The van der Waals surface area contributed by atoms with Crippen LogP contribution in [0.4, 0.5) is 5.69 Å². The minimum Gasteiger partial charge on any atom is -0.493 e. The summed E-state index contributed by atoms with van der Waals surface area (Å²) in [5.74, 6) is 1.17. The average Bonchev–Trinajstić information content (AvgIpc) is 3.12. The molecule has 0 atom stereocenters. The lowest BCUT2D eigenvalue weighted by Crippen LogP contribution is -2.07. The van der Waals surface area contributed by atoms with Gasteiger partial charge in [0.1, 0.15) is 6.61 Å². The fourth-order valence-electron chi connectivity index (χ4n) is 3.21. The maximum absolute atomic E-state index is 11.5. The number of rotatable bonds is 7. The molecule has 1 heterocycles. The van der Waals surface area contributed by atoms with E-state index in [-0.39, 0.29) is 12.3 Å². The normalized spacial score (nSPS) is 11.0. The summed E-state index contributed by atoms with van der Waals surface area (Å²) in [5, 5.41) is 4.44. The number of benzene rings is 3. The number of anilines is 1. The zero-order valence-electron chi connectivity index (χ0n) is 16.4. The maximum atomic E-state index is 11.5. The summed E-state index contributed by atoms with van der Waals surface area (Å²) in [4.78, 5) is 17.0. The summed E-state index contributed by atoms with van der Waals surface area (Å²) in [6, 6.07) is 14.7. The first-order valence-corrected chi connectivity index (χ1v) is 10.9. The Kier molecular flexibility index (Phi) is 6.46. The van der Waals surface area contributed by atoms with E-state index >= 15 is 0 Å². The number of imidazole rings is 1. The van der Waals surface area contributed by atoms with Gasteiger partial charge in [0.2, 0.25) is 0 Å². The van der Waals surface area contributed by atoms with E-state index in [2.05, 4.69) is 31.2 Å². The standard InChI is InChI=1S/C22H18BrCl2N3O3/c1-30-20-8-6-15(23)13(21(20)31-11-14-16(24)3-2-4-17(14)25)10-26-12-5-7-18-19(9-12)28-22(29)27-18/h2-9,26H,10-11H2,1H3,(H2,27,28,29). The molecule has 0 aliphatic carbocycles. The number of nitrogens with one attached hydrogen (secondary N) is 3. The van der Waals surface area contributed by atoms with Crippen molar-refractivity contribution in [1.29, 1.82) is 0 Å². The first-order valence-electron chi connectivity index (χ1n) is 9.33. The second-order valence-corrected chi connectivity index (χ2v) is 8.41. The van der Waals surface area contributed by atoms with E-state index in [0.717, 1.165) is 26.8 Å². The molecule has 0 spiro atoms. The Morgan fingerprint density at radius 2 is 1.74 bits per heavy atom. The Labute approximate surface area is 196 Å². The molecule has 0 radical (unpaired) electrons. The number of aromatic nitrogens is 2. The van der Waals surface area contributed by atoms with Gasteiger partial charge >= 0.3 is 5.69 Å². The van der Waals surface area contributed by atoms with E-state index in [9.17, 15) is 4.79 Å². The minimum atomic E-state index is -0.239. The number of hydrogen-bond acceptors (Lipinski definition) is 4. The van der Waals surface area contributed by atoms with E-state index in [0.29, 0.717) is 33.7 Å². The van der Waals surface area contributed by atoms with E-state index in [4.69, 9.17) is 32.7 Å². The topological polar surface area (TPSA) is 79.1 Å². The van der Waals surface area contributed by atoms with Crippen molar-refractivity contribution >= 4 is 55.9 Å². The number of halogens is 3. The number of methoxy groups -OCH3 is 1. The molecule has 6 nitrogen and oxygen atoms in total. The van der Waals surface area contributed by atoms with Crippen molar-refractivity contribution in [3.8, 4) is 11.5 Å². The predicted octanol–water partition coefficient (Wildman–Crippen LogP) is 6.13. The van der Waals surface area contributed by atoms with Gasteiger partial charge in [-0.05, 0) is 42.5 Å². The van der Waals surface area contributed by atoms with Crippen LogP contribution in [-0.4, -0.2) is 17.1 Å². The third-order valence-corrected chi connectivity index (χ3v) is 6.25. The average molecular weight is 523 g/mol. The number of H-pyrrole nitrogens is 2. The molecule has 0 aliphatic rings. The number of hydrogen-bond donors (Lipinski definition) is 3. The molecule has 0 bridgehead atoms. The van der Waals surface area contributed by atoms with Gasteiger partial charge in [-0.3, -0.25) is 0 Å². The van der Waals surface area contributed by atoms with E-state index in [1.165, 1.54) is 0 Å². The monoisotopic (exact) mass is 521 g/mol. The summed E-state index contributed by atoms with van der Waals surface area (Å²) in [6.45, 7) is 0.637. The zero-order chi connectivity index (χ0) is 22.0. The highest BCUT2D eigenvalue weighted by atomic mass is 79.9. The summed E-state index contributed by atoms with van der Waals surface area (Å²) < 4.78 is 12.5. The van der Waals surface area contributed by atoms with Gasteiger partial charge in [-0.1, -0.05) is 45.2 Å². The van der Waals surface area contributed by atoms with Crippen LogP contribution in [0.15, 0.2) is 57.8 Å². The molecule has 4 aromatic rings. The molecule has 1 aromatic heterocycles. The Hall–Kier alpha value is -2.61. The molecule has 4 rings (SSSR count). The summed E-state index contributed by atoms with van der Waals surface area (Å²) in [7, 11) is 1.59. The Morgan fingerprint density at radius 1 is 1.00 bits per heavy atom. The molecule has 31 heavy (non-hydrogen) atoms. The van der Waals surface area contributed by atoms with Crippen LogP contribution in [0.2, 0.25) is 10.0 Å². The van der Waals surface area contributed by atoms with Crippen molar-refractivity contribution < 1.29 is 9.47 Å². The third kappa shape index (κ3) is 4.69. The Morgan fingerprint density at radius 3 is 2.48 bits per heavy atom. The van der Waals surface area contributed by atoms with Crippen molar-refractivity contribution in [3.05, 3.63) is 84.7 Å². The van der Waals surface area contributed by atoms with Crippen molar-refractivity contribution in [2.24, 2.45) is 0 Å². The van der Waals surface area contributed by atoms with Crippen molar-refractivity contribution in [1.82, 2.24) is 9.97 Å². The van der Waals surface area contributed by atoms with Gasteiger partial charge in [0.05, 0.1) is 18.1 Å². The van der Waals surface area contributed by atoms with E-state index < -0.39 is 0 Å². The fourth-order valence-corrected chi connectivity index (χ4v) is 4.17. The van der Waals surface area contributed by atoms with Gasteiger partial charge in [-0.2, -0.15) is 0 Å². The van der Waals surface area contributed by atoms with Crippen LogP contribution < -0.4 is 20.5 Å². The van der Waals surface area contributed by atoms with E-state index in [1.54, 1.807) is 25.3 Å². The van der Waals surface area contributed by atoms with Crippen LogP contribution in [0, 0.1) is 0 Å². The van der Waals surface area contributed by atoms with Crippen molar-refractivity contribution in [3.63, 3.8) is 0 Å². The molecule has 0 saturated heterocycles. The number of aromatic amines is 2. The van der Waals surface area contributed by atoms with Gasteiger partial charge in [0.25, 0.3) is 0 Å². The van der Waals surface area contributed by atoms with Gasteiger partial charge in [-0.25, -0.2) is 4.79 Å². The highest BCUT2D eigenvalue weighted by molar-refractivity contribution is 9.10. The summed E-state index contributed by atoms with van der Waals surface area (Å²) in [5.41, 5.74) is 3.65. The fraction of sp³-hybridized carbons (Fsp3) is 0.136. The largest absolute Gasteiger partial charge is 0.493 e. The van der Waals surface area contributed by atoms with Crippen LogP contribution in [0.1, 0.15) is 11.1 Å². The van der Waals surface area contributed by atoms with Crippen LogP contribution >= 0.6 is 39.1 Å². The molecule has 3 aromatic carbocycles. The Balaban J connectivity index is 1.60. The molecule has 0 saturated carbocycles. The highest BCUT2D eigenvalue weighted by Crippen LogP contribution is 2.38. The molecular weight excluding hydrogens is 505 g/mol.